The molecule has 0 N–H and O–H groups in total. The van der Waals surface area contributed by atoms with Crippen molar-refractivity contribution in [3.63, 3.8) is 0 Å². The number of amides is 1. The van der Waals surface area contributed by atoms with Crippen molar-refractivity contribution in [3.05, 3.63) is 54.6 Å². The lowest BCUT2D eigenvalue weighted by atomic mass is 9.96. The average Bonchev–Trinajstić information content (AvgIpc) is 3.14. The number of rotatable bonds is 4. The molecule has 1 aliphatic rings. The lowest BCUT2D eigenvalue weighted by Gasteiger charge is -2.34. The Labute approximate surface area is 159 Å². The molecule has 1 fully saturated rings. The van der Waals surface area contributed by atoms with Crippen LogP contribution in [-0.4, -0.2) is 52.0 Å². The predicted molar refractivity (Wildman–Crippen MR) is 107 cm³/mol. The first-order valence-electron chi connectivity index (χ1n) is 9.44. The molecule has 4 rings (SSSR count). The average molecular weight is 363 g/mol. The normalized spacial score (nSPS) is 15.3. The molecule has 3 aromatic rings. The third kappa shape index (κ3) is 3.79. The molecule has 0 aliphatic carbocycles. The van der Waals surface area contributed by atoms with Crippen LogP contribution >= 0.6 is 0 Å². The highest BCUT2D eigenvalue weighted by Gasteiger charge is 2.24. The molecule has 1 amide bonds. The maximum atomic E-state index is 12.5. The van der Waals surface area contributed by atoms with Crippen molar-refractivity contribution in [1.29, 1.82) is 0 Å². The van der Waals surface area contributed by atoms with Gasteiger partial charge in [-0.05, 0) is 37.0 Å². The number of nitrogens with zero attached hydrogens (tertiary/aromatic N) is 5. The van der Waals surface area contributed by atoms with Crippen LogP contribution in [0.25, 0.3) is 10.9 Å². The van der Waals surface area contributed by atoms with Crippen molar-refractivity contribution in [2.24, 2.45) is 13.0 Å². The van der Waals surface area contributed by atoms with Crippen LogP contribution in [0.5, 0.6) is 0 Å². The Morgan fingerprint density at radius 1 is 1.19 bits per heavy atom. The number of piperidine rings is 1. The summed E-state index contributed by atoms with van der Waals surface area (Å²) in [4.78, 5) is 25.6. The number of para-hydroxylation sites is 1. The first kappa shape index (κ1) is 17.5. The topological polar surface area (TPSA) is 54.3 Å². The van der Waals surface area contributed by atoms with Gasteiger partial charge in [0.1, 0.15) is 11.5 Å². The summed E-state index contributed by atoms with van der Waals surface area (Å²) in [6, 6.07) is 12.5. The van der Waals surface area contributed by atoms with Gasteiger partial charge >= 0.3 is 0 Å². The van der Waals surface area contributed by atoms with Crippen LogP contribution < -0.4 is 4.90 Å². The Bertz CT molecular complexity index is 942. The van der Waals surface area contributed by atoms with E-state index in [2.05, 4.69) is 34.1 Å². The summed E-state index contributed by atoms with van der Waals surface area (Å²) in [6.45, 7) is 2.72. The second-order valence-corrected chi connectivity index (χ2v) is 7.40. The van der Waals surface area contributed by atoms with Crippen LogP contribution in [0.4, 0.5) is 5.82 Å². The Morgan fingerprint density at radius 3 is 2.70 bits per heavy atom. The molecule has 1 saturated heterocycles. The number of hydrogen-bond acceptors (Lipinski definition) is 4. The van der Waals surface area contributed by atoms with Crippen LogP contribution in [0.15, 0.2) is 48.9 Å². The summed E-state index contributed by atoms with van der Waals surface area (Å²) < 4.78 is 1.80. The molecule has 0 saturated carbocycles. The standard InChI is InChI=1S/C21H25N5O/c1-24-14-19(22-15-24)21(27)25(2)13-16-9-11-26(12-10-16)20-8-7-17-5-3-4-6-18(17)23-20/h3-8,14-16H,9-13H2,1-2H3. The summed E-state index contributed by atoms with van der Waals surface area (Å²) >= 11 is 0. The van der Waals surface area contributed by atoms with Gasteiger partial charge < -0.3 is 14.4 Å². The summed E-state index contributed by atoms with van der Waals surface area (Å²) in [5.41, 5.74) is 1.55. The number of anilines is 1. The quantitative estimate of drug-likeness (QED) is 0.715. The monoisotopic (exact) mass is 363 g/mol. The molecule has 0 bridgehead atoms. The Balaban J connectivity index is 1.34. The molecule has 6 heteroatoms. The SMILES string of the molecule is CN(CC1CCN(c2ccc3ccccc3n2)CC1)C(=O)c1cn(C)cn1. The largest absolute Gasteiger partial charge is 0.357 e. The second-order valence-electron chi connectivity index (χ2n) is 7.40. The fourth-order valence-corrected chi connectivity index (χ4v) is 3.77. The zero-order valence-electron chi connectivity index (χ0n) is 15.9. The van der Waals surface area contributed by atoms with E-state index in [9.17, 15) is 4.79 Å². The summed E-state index contributed by atoms with van der Waals surface area (Å²) in [7, 11) is 3.74. The Kier molecular flexibility index (Phi) is 4.79. The molecule has 0 radical (unpaired) electrons. The number of carbonyl (C=O) groups excluding carboxylic acids is 1. The van der Waals surface area contributed by atoms with Gasteiger partial charge in [-0.3, -0.25) is 4.79 Å². The number of hydrogen-bond donors (Lipinski definition) is 0. The third-order valence-electron chi connectivity index (χ3n) is 5.32. The van der Waals surface area contributed by atoms with Crippen molar-refractivity contribution in [1.82, 2.24) is 19.4 Å². The van der Waals surface area contributed by atoms with Crippen molar-refractivity contribution >= 4 is 22.6 Å². The van der Waals surface area contributed by atoms with Gasteiger partial charge in [-0.25, -0.2) is 9.97 Å². The highest BCUT2D eigenvalue weighted by Crippen LogP contribution is 2.24. The van der Waals surface area contributed by atoms with E-state index in [1.165, 1.54) is 5.39 Å². The molecule has 1 aromatic carbocycles. The minimum Gasteiger partial charge on any atom is -0.357 e. The van der Waals surface area contributed by atoms with Gasteiger partial charge in [0, 0.05) is 45.3 Å². The number of pyridine rings is 1. The number of aromatic nitrogens is 3. The van der Waals surface area contributed by atoms with E-state index in [-0.39, 0.29) is 5.91 Å². The fraction of sp³-hybridized carbons (Fsp3) is 0.381. The molecule has 27 heavy (non-hydrogen) atoms. The number of carbonyl (C=O) groups is 1. The molecule has 140 valence electrons. The molecule has 0 spiro atoms. The maximum absolute atomic E-state index is 12.5. The van der Waals surface area contributed by atoms with Gasteiger partial charge in [0.15, 0.2) is 0 Å². The predicted octanol–water partition coefficient (Wildman–Crippen LogP) is 2.96. The fourth-order valence-electron chi connectivity index (χ4n) is 3.77. The van der Waals surface area contributed by atoms with Gasteiger partial charge in [-0.15, -0.1) is 0 Å². The van der Waals surface area contributed by atoms with Crippen molar-refractivity contribution < 1.29 is 4.79 Å². The van der Waals surface area contributed by atoms with Gasteiger partial charge in [-0.1, -0.05) is 18.2 Å². The Hall–Kier alpha value is -2.89. The van der Waals surface area contributed by atoms with Crippen molar-refractivity contribution in [2.75, 3.05) is 31.6 Å². The van der Waals surface area contributed by atoms with Crippen LogP contribution in [-0.2, 0) is 7.05 Å². The van der Waals surface area contributed by atoms with Crippen molar-refractivity contribution in [3.8, 4) is 0 Å². The molecular formula is C21H25N5O. The van der Waals surface area contributed by atoms with Crippen LogP contribution in [0, 0.1) is 5.92 Å². The molecule has 6 nitrogen and oxygen atoms in total. The first-order valence-corrected chi connectivity index (χ1v) is 9.44. The van der Waals surface area contributed by atoms with E-state index in [4.69, 9.17) is 4.98 Å². The van der Waals surface area contributed by atoms with Gasteiger partial charge in [-0.2, -0.15) is 0 Å². The smallest absolute Gasteiger partial charge is 0.273 e. The van der Waals surface area contributed by atoms with Gasteiger partial charge in [0.25, 0.3) is 5.91 Å². The van der Waals surface area contributed by atoms with Gasteiger partial charge in [0.2, 0.25) is 0 Å². The number of aryl methyl sites for hydroxylation is 1. The first-order chi connectivity index (χ1) is 13.1. The zero-order valence-corrected chi connectivity index (χ0v) is 15.9. The Morgan fingerprint density at radius 2 is 1.96 bits per heavy atom. The lowest BCUT2D eigenvalue weighted by Crippen LogP contribution is -2.39. The number of benzene rings is 1. The molecule has 0 atom stereocenters. The minimum absolute atomic E-state index is 0.00535. The molecule has 3 heterocycles. The van der Waals surface area contributed by atoms with E-state index in [0.29, 0.717) is 11.6 Å². The molecular weight excluding hydrogens is 338 g/mol. The summed E-state index contributed by atoms with van der Waals surface area (Å²) in [6.07, 6.45) is 5.56. The van der Waals surface area contributed by atoms with E-state index >= 15 is 0 Å². The van der Waals surface area contributed by atoms with Crippen LogP contribution in [0.3, 0.4) is 0 Å². The zero-order chi connectivity index (χ0) is 18.8. The van der Waals surface area contributed by atoms with Gasteiger partial charge in [0.05, 0.1) is 11.8 Å². The van der Waals surface area contributed by atoms with Crippen LogP contribution in [0.2, 0.25) is 0 Å². The maximum Gasteiger partial charge on any atom is 0.273 e. The second kappa shape index (κ2) is 7.39. The van der Waals surface area contributed by atoms with E-state index in [0.717, 1.165) is 43.8 Å². The summed E-state index contributed by atoms with van der Waals surface area (Å²) in [5.74, 6) is 1.55. The lowest BCUT2D eigenvalue weighted by molar-refractivity contribution is 0.0759. The highest BCUT2D eigenvalue weighted by atomic mass is 16.2. The van der Waals surface area contributed by atoms with Crippen molar-refractivity contribution in [2.45, 2.75) is 12.8 Å². The van der Waals surface area contributed by atoms with E-state index in [1.807, 2.05) is 26.2 Å². The molecule has 2 aromatic heterocycles. The number of imidazole rings is 1. The minimum atomic E-state index is -0.00535. The van der Waals surface area contributed by atoms with E-state index < -0.39 is 0 Å². The summed E-state index contributed by atoms with van der Waals surface area (Å²) in [5, 5.41) is 1.17. The number of fused-ring (bicyclic) bond motifs is 1. The highest BCUT2D eigenvalue weighted by molar-refractivity contribution is 5.91. The van der Waals surface area contributed by atoms with Crippen LogP contribution in [0.1, 0.15) is 23.3 Å². The molecule has 1 aliphatic heterocycles. The third-order valence-corrected chi connectivity index (χ3v) is 5.32. The molecule has 0 unspecified atom stereocenters. The van der Waals surface area contributed by atoms with E-state index in [1.54, 1.807) is 22.0 Å².